The summed E-state index contributed by atoms with van der Waals surface area (Å²) in [5.41, 5.74) is 1.55. The van der Waals surface area contributed by atoms with E-state index >= 15 is 0 Å². The molecule has 9 nitrogen and oxygen atoms in total. The van der Waals surface area contributed by atoms with Gasteiger partial charge in [0.1, 0.15) is 5.69 Å². The lowest BCUT2D eigenvalue weighted by Crippen LogP contribution is -2.18. The molecule has 0 saturated carbocycles. The Morgan fingerprint density at radius 3 is 2.44 bits per heavy atom. The fraction of sp³-hybridized carbons (Fsp3) is 0. The minimum atomic E-state index is -3.93. The van der Waals surface area contributed by atoms with Crippen LogP contribution in [0.25, 0.3) is 11.0 Å². The number of fused-ring (bicyclic) bond motifs is 1. The predicted octanol–water partition coefficient (Wildman–Crippen LogP) is 1.85. The fourth-order valence-corrected chi connectivity index (χ4v) is 2.79. The number of nitro groups is 1. The molecule has 1 heterocycles. The molecule has 1 aromatic heterocycles. The lowest BCUT2D eigenvalue weighted by molar-refractivity contribution is -0.384. The zero-order valence-electron chi connectivity index (χ0n) is 12.6. The van der Waals surface area contributed by atoms with E-state index in [9.17, 15) is 18.5 Å². The van der Waals surface area contributed by atoms with Gasteiger partial charge in [0.25, 0.3) is 15.7 Å². The highest BCUT2D eigenvalue weighted by atomic mass is 32.2. The Kier molecular flexibility index (Phi) is 4.35. The second kappa shape index (κ2) is 6.61. The molecule has 0 amide bonds. The molecule has 0 unspecified atom stereocenters. The molecule has 3 rings (SSSR count). The first-order chi connectivity index (χ1) is 12.0. The molecule has 3 aromatic rings. The summed E-state index contributed by atoms with van der Waals surface area (Å²) in [5.74, 6) is 0. The first kappa shape index (κ1) is 16.5. The number of rotatable bonds is 5. The van der Waals surface area contributed by atoms with Crippen molar-refractivity contribution in [1.29, 1.82) is 0 Å². The quantitative estimate of drug-likeness (QED) is 0.422. The maximum atomic E-state index is 12.1. The lowest BCUT2D eigenvalue weighted by atomic mass is 10.3. The predicted molar refractivity (Wildman–Crippen MR) is 90.5 cm³/mol. The molecule has 25 heavy (non-hydrogen) atoms. The highest BCUT2D eigenvalue weighted by molar-refractivity contribution is 7.89. The average Bonchev–Trinajstić information content (AvgIpc) is 2.61. The minimum Gasteiger partial charge on any atom is -0.258 e. The molecule has 0 aliphatic carbocycles. The summed E-state index contributed by atoms with van der Waals surface area (Å²) in [5, 5.41) is 14.2. The summed E-state index contributed by atoms with van der Waals surface area (Å²) in [4.78, 5) is 20.3. The number of hydrogen-bond donors (Lipinski definition) is 1. The number of benzene rings is 2. The summed E-state index contributed by atoms with van der Waals surface area (Å²) >= 11 is 0. The van der Waals surface area contributed by atoms with Crippen molar-refractivity contribution in [2.75, 3.05) is 0 Å². The number of nitrogens with one attached hydrogen (secondary N) is 1. The normalized spacial score (nSPS) is 11.7. The van der Waals surface area contributed by atoms with Crippen LogP contribution in [0, 0.1) is 10.1 Å². The number of sulfonamides is 1. The van der Waals surface area contributed by atoms with E-state index in [0.717, 1.165) is 24.3 Å². The second-order valence-electron chi connectivity index (χ2n) is 4.89. The molecule has 1 N–H and O–H groups in total. The van der Waals surface area contributed by atoms with E-state index in [2.05, 4.69) is 15.1 Å². The van der Waals surface area contributed by atoms with Gasteiger partial charge in [-0.15, -0.1) is 0 Å². The van der Waals surface area contributed by atoms with E-state index in [0.29, 0.717) is 16.7 Å². The molecule has 0 aliphatic heterocycles. The van der Waals surface area contributed by atoms with Crippen molar-refractivity contribution in [1.82, 2.24) is 14.8 Å². The van der Waals surface area contributed by atoms with Crippen LogP contribution in [0.3, 0.4) is 0 Å². The number of aromatic nitrogens is 2. The van der Waals surface area contributed by atoms with Crippen LogP contribution in [0.2, 0.25) is 0 Å². The van der Waals surface area contributed by atoms with Gasteiger partial charge < -0.3 is 0 Å². The van der Waals surface area contributed by atoms with Gasteiger partial charge in [-0.05, 0) is 24.3 Å². The molecule has 0 aliphatic rings. The van der Waals surface area contributed by atoms with E-state index in [-0.39, 0.29) is 10.6 Å². The molecule has 2 aromatic carbocycles. The van der Waals surface area contributed by atoms with Crippen LogP contribution in [-0.4, -0.2) is 29.5 Å². The van der Waals surface area contributed by atoms with Gasteiger partial charge in [-0.25, -0.2) is 9.82 Å². The largest absolute Gasteiger partial charge is 0.276 e. The fourth-order valence-electron chi connectivity index (χ4n) is 2.00. The van der Waals surface area contributed by atoms with Crippen LogP contribution in [0.5, 0.6) is 0 Å². The number of para-hydroxylation sites is 2. The van der Waals surface area contributed by atoms with Gasteiger partial charge in [-0.2, -0.15) is 13.5 Å². The summed E-state index contributed by atoms with van der Waals surface area (Å²) < 4.78 is 24.2. The molecular formula is C15H11N5O4S. The van der Waals surface area contributed by atoms with Crippen molar-refractivity contribution < 1.29 is 13.3 Å². The molecule has 0 radical (unpaired) electrons. The molecule has 0 spiro atoms. The van der Waals surface area contributed by atoms with Crippen LogP contribution in [0.1, 0.15) is 5.69 Å². The first-order valence-corrected chi connectivity index (χ1v) is 8.45. The highest BCUT2D eigenvalue weighted by Gasteiger charge is 2.14. The van der Waals surface area contributed by atoms with Gasteiger partial charge in [0.2, 0.25) is 0 Å². The van der Waals surface area contributed by atoms with Crippen molar-refractivity contribution >= 4 is 33.0 Å². The summed E-state index contributed by atoms with van der Waals surface area (Å²) in [6, 6.07) is 11.7. The van der Waals surface area contributed by atoms with E-state index in [1.54, 1.807) is 12.1 Å². The van der Waals surface area contributed by atoms with Crippen molar-refractivity contribution in [3.63, 3.8) is 0 Å². The highest BCUT2D eigenvalue weighted by Crippen LogP contribution is 2.15. The maximum absolute atomic E-state index is 12.1. The Hall–Kier alpha value is -3.40. The van der Waals surface area contributed by atoms with Crippen LogP contribution in [0.4, 0.5) is 5.69 Å². The molecular weight excluding hydrogens is 346 g/mol. The number of nitrogens with zero attached hydrogens (tertiary/aromatic N) is 4. The summed E-state index contributed by atoms with van der Waals surface area (Å²) in [6.07, 6.45) is 2.69. The van der Waals surface area contributed by atoms with Gasteiger partial charge in [-0.1, -0.05) is 12.1 Å². The molecule has 126 valence electrons. The third-order valence-electron chi connectivity index (χ3n) is 3.19. The van der Waals surface area contributed by atoms with Crippen LogP contribution in [-0.2, 0) is 10.0 Å². The molecule has 10 heteroatoms. The first-order valence-electron chi connectivity index (χ1n) is 6.97. The standard InChI is InChI=1S/C15H11N5O4S/c21-20(22)12-5-7-13(8-6-12)25(23,24)19-17-10-11-9-16-14-3-1-2-4-15(14)18-11/h1-10,19H/b17-10-. The number of non-ortho nitro benzene ring substituents is 1. The van der Waals surface area contributed by atoms with Crippen molar-refractivity contribution in [2.45, 2.75) is 4.90 Å². The Morgan fingerprint density at radius 2 is 1.76 bits per heavy atom. The minimum absolute atomic E-state index is 0.139. The van der Waals surface area contributed by atoms with E-state index in [1.165, 1.54) is 12.4 Å². The van der Waals surface area contributed by atoms with Crippen molar-refractivity contribution in [2.24, 2.45) is 5.10 Å². The molecule has 0 atom stereocenters. The Labute approximate surface area is 142 Å². The lowest BCUT2D eigenvalue weighted by Gasteiger charge is -2.03. The average molecular weight is 357 g/mol. The van der Waals surface area contributed by atoms with Crippen LogP contribution < -0.4 is 4.83 Å². The van der Waals surface area contributed by atoms with Crippen LogP contribution in [0.15, 0.2) is 64.7 Å². The van der Waals surface area contributed by atoms with Crippen molar-refractivity contribution in [3.05, 3.63) is 70.5 Å². The van der Waals surface area contributed by atoms with Gasteiger partial charge in [-0.3, -0.25) is 15.1 Å². The smallest absolute Gasteiger partial charge is 0.258 e. The van der Waals surface area contributed by atoms with Crippen molar-refractivity contribution in [3.8, 4) is 0 Å². The zero-order chi connectivity index (χ0) is 17.9. The van der Waals surface area contributed by atoms with Gasteiger partial charge in [0.05, 0.1) is 33.3 Å². The SMILES string of the molecule is O=[N+]([O-])c1ccc(S(=O)(=O)N/N=C\c2cnc3ccccc3n2)cc1. The zero-order valence-corrected chi connectivity index (χ0v) is 13.4. The molecule has 0 fully saturated rings. The number of hydrazone groups is 1. The third-order valence-corrected chi connectivity index (χ3v) is 4.43. The Morgan fingerprint density at radius 1 is 1.08 bits per heavy atom. The summed E-state index contributed by atoms with van der Waals surface area (Å²) in [7, 11) is -3.93. The number of hydrogen-bond acceptors (Lipinski definition) is 7. The second-order valence-corrected chi connectivity index (χ2v) is 6.55. The van der Waals surface area contributed by atoms with E-state index in [1.807, 2.05) is 17.0 Å². The van der Waals surface area contributed by atoms with Crippen LogP contribution >= 0.6 is 0 Å². The number of nitro benzene ring substituents is 1. The monoisotopic (exact) mass is 357 g/mol. The Bertz CT molecular complexity index is 1060. The van der Waals surface area contributed by atoms with Gasteiger partial charge in [0, 0.05) is 12.1 Å². The van der Waals surface area contributed by atoms with Gasteiger partial charge >= 0.3 is 0 Å². The Balaban J connectivity index is 1.76. The van der Waals surface area contributed by atoms with Gasteiger partial charge in [0.15, 0.2) is 0 Å². The maximum Gasteiger partial charge on any atom is 0.276 e. The molecule has 0 saturated heterocycles. The molecule has 0 bridgehead atoms. The summed E-state index contributed by atoms with van der Waals surface area (Å²) in [6.45, 7) is 0. The van der Waals surface area contributed by atoms with E-state index < -0.39 is 14.9 Å². The topological polar surface area (TPSA) is 127 Å². The third kappa shape index (κ3) is 3.75. The van der Waals surface area contributed by atoms with E-state index in [4.69, 9.17) is 0 Å².